The molecule has 2 saturated carbocycles. The molecule has 4 heteroatoms. The third-order valence-electron chi connectivity index (χ3n) is 5.54. The fourth-order valence-electron chi connectivity index (χ4n) is 4.48. The van der Waals surface area contributed by atoms with Crippen molar-refractivity contribution >= 4 is 5.91 Å². The van der Waals surface area contributed by atoms with Crippen LogP contribution in [0, 0.1) is 11.8 Å². The monoisotopic (exact) mass is 274 g/mol. The van der Waals surface area contributed by atoms with E-state index >= 15 is 0 Å². The highest BCUT2D eigenvalue weighted by Crippen LogP contribution is 2.46. The van der Waals surface area contributed by atoms with Crippen molar-refractivity contribution in [1.29, 1.82) is 0 Å². The Hall–Kier alpha value is -1.29. The van der Waals surface area contributed by atoms with Crippen LogP contribution in [0.15, 0.2) is 23.0 Å². The zero-order valence-corrected chi connectivity index (χ0v) is 11.8. The van der Waals surface area contributed by atoms with E-state index in [2.05, 4.69) is 4.90 Å². The fraction of sp³-hybridized carbons (Fsp3) is 0.688. The Labute approximate surface area is 119 Å². The summed E-state index contributed by atoms with van der Waals surface area (Å²) < 4.78 is 5.00. The van der Waals surface area contributed by atoms with Crippen LogP contribution in [-0.4, -0.2) is 47.9 Å². The summed E-state index contributed by atoms with van der Waals surface area (Å²) in [6.45, 7) is 3.80. The summed E-state index contributed by atoms with van der Waals surface area (Å²) in [6, 6.07) is 2.56. The molecule has 0 aromatic carbocycles. The Kier molecular flexibility index (Phi) is 3.06. The highest BCUT2D eigenvalue weighted by molar-refractivity contribution is 5.93. The van der Waals surface area contributed by atoms with Crippen molar-refractivity contribution in [1.82, 2.24) is 9.80 Å². The first-order chi connectivity index (χ1) is 9.81. The van der Waals surface area contributed by atoms with Crippen LogP contribution in [0.4, 0.5) is 0 Å². The van der Waals surface area contributed by atoms with Gasteiger partial charge in [-0.3, -0.25) is 9.69 Å². The maximum absolute atomic E-state index is 12.3. The van der Waals surface area contributed by atoms with Crippen LogP contribution in [0.25, 0.3) is 0 Å². The van der Waals surface area contributed by atoms with Crippen LogP contribution in [0.1, 0.15) is 36.0 Å². The third kappa shape index (κ3) is 2.06. The van der Waals surface area contributed by atoms with E-state index in [1.807, 2.05) is 4.90 Å². The van der Waals surface area contributed by atoms with Crippen molar-refractivity contribution in [2.45, 2.75) is 31.7 Å². The summed E-state index contributed by atoms with van der Waals surface area (Å²) in [5.41, 5.74) is 0.679. The van der Waals surface area contributed by atoms with E-state index in [1.165, 1.54) is 25.7 Å². The lowest BCUT2D eigenvalue weighted by Crippen LogP contribution is -2.53. The van der Waals surface area contributed by atoms with Gasteiger partial charge in [-0.05, 0) is 37.2 Å². The second-order valence-electron chi connectivity index (χ2n) is 6.58. The molecule has 2 heterocycles. The molecule has 3 fully saturated rings. The first-order valence-corrected chi connectivity index (χ1v) is 7.87. The number of furan rings is 1. The number of nitrogens with zero attached hydrogens (tertiary/aromatic N) is 2. The first kappa shape index (κ1) is 12.5. The SMILES string of the molecule is O=C(c1ccoc1)N1CCN(C2CC3CCC2C3)CC1. The molecule has 0 spiro atoms. The van der Waals surface area contributed by atoms with Gasteiger partial charge in [0.1, 0.15) is 6.26 Å². The molecule has 1 saturated heterocycles. The molecule has 108 valence electrons. The largest absolute Gasteiger partial charge is 0.472 e. The second-order valence-corrected chi connectivity index (χ2v) is 6.58. The average molecular weight is 274 g/mol. The predicted molar refractivity (Wildman–Crippen MR) is 75.4 cm³/mol. The normalized spacial score (nSPS) is 33.8. The molecule has 4 nitrogen and oxygen atoms in total. The van der Waals surface area contributed by atoms with E-state index in [0.717, 1.165) is 44.1 Å². The summed E-state index contributed by atoms with van der Waals surface area (Å²) in [5.74, 6) is 2.05. The summed E-state index contributed by atoms with van der Waals surface area (Å²) in [7, 11) is 0. The lowest BCUT2D eigenvalue weighted by Gasteiger charge is -2.40. The Bertz CT molecular complexity index is 477. The number of amides is 1. The summed E-state index contributed by atoms with van der Waals surface area (Å²) in [5, 5.41) is 0. The molecule has 1 aromatic rings. The van der Waals surface area contributed by atoms with Crippen LogP contribution in [0.5, 0.6) is 0 Å². The number of carbonyl (C=O) groups is 1. The van der Waals surface area contributed by atoms with Crippen LogP contribution in [0.2, 0.25) is 0 Å². The highest BCUT2D eigenvalue weighted by Gasteiger charge is 2.42. The standard InChI is InChI=1S/C16H22N2O2/c19-16(14-3-8-20-11-14)18-6-4-17(5-7-18)15-10-12-1-2-13(15)9-12/h3,8,11-13,15H,1-2,4-7,9-10H2. The molecule has 2 aliphatic carbocycles. The minimum Gasteiger partial charge on any atom is -0.472 e. The minimum absolute atomic E-state index is 0.117. The van der Waals surface area contributed by atoms with Gasteiger partial charge in [0, 0.05) is 32.2 Å². The molecule has 0 N–H and O–H groups in total. The van der Waals surface area contributed by atoms with Gasteiger partial charge >= 0.3 is 0 Å². The molecular weight excluding hydrogens is 252 g/mol. The average Bonchev–Trinajstić information content (AvgIpc) is 3.23. The number of fused-ring (bicyclic) bond motifs is 2. The van der Waals surface area contributed by atoms with E-state index in [-0.39, 0.29) is 5.91 Å². The van der Waals surface area contributed by atoms with E-state index in [0.29, 0.717) is 5.56 Å². The van der Waals surface area contributed by atoms with Crippen molar-refractivity contribution in [2.75, 3.05) is 26.2 Å². The van der Waals surface area contributed by atoms with E-state index in [1.54, 1.807) is 18.6 Å². The van der Waals surface area contributed by atoms with Gasteiger partial charge in [0.25, 0.3) is 5.91 Å². The van der Waals surface area contributed by atoms with Gasteiger partial charge in [0.05, 0.1) is 11.8 Å². The molecule has 3 unspecified atom stereocenters. The van der Waals surface area contributed by atoms with Crippen molar-refractivity contribution in [2.24, 2.45) is 11.8 Å². The summed E-state index contributed by atoms with van der Waals surface area (Å²) in [6.07, 6.45) is 8.87. The van der Waals surface area contributed by atoms with E-state index < -0.39 is 0 Å². The van der Waals surface area contributed by atoms with Gasteiger partial charge in [0.2, 0.25) is 0 Å². The summed E-state index contributed by atoms with van der Waals surface area (Å²) in [4.78, 5) is 16.9. The molecule has 20 heavy (non-hydrogen) atoms. The molecule has 0 radical (unpaired) electrons. The predicted octanol–water partition coefficient (Wildman–Crippen LogP) is 2.23. The molecule has 2 bridgehead atoms. The molecular formula is C16H22N2O2. The molecule has 1 aromatic heterocycles. The Balaban J connectivity index is 1.35. The van der Waals surface area contributed by atoms with E-state index in [4.69, 9.17) is 4.42 Å². The Morgan fingerprint density at radius 2 is 2.00 bits per heavy atom. The minimum atomic E-state index is 0.117. The number of rotatable bonds is 2. The molecule has 4 rings (SSSR count). The zero-order chi connectivity index (χ0) is 13.5. The lowest BCUT2D eigenvalue weighted by molar-refractivity contribution is 0.0495. The number of carbonyl (C=O) groups excluding carboxylic acids is 1. The van der Waals surface area contributed by atoms with Crippen LogP contribution >= 0.6 is 0 Å². The highest BCUT2D eigenvalue weighted by atomic mass is 16.3. The maximum atomic E-state index is 12.3. The van der Waals surface area contributed by atoms with Gasteiger partial charge in [-0.15, -0.1) is 0 Å². The lowest BCUT2D eigenvalue weighted by atomic mass is 9.93. The van der Waals surface area contributed by atoms with Gasteiger partial charge < -0.3 is 9.32 Å². The topological polar surface area (TPSA) is 36.7 Å². The van der Waals surface area contributed by atoms with Crippen molar-refractivity contribution < 1.29 is 9.21 Å². The van der Waals surface area contributed by atoms with Crippen molar-refractivity contribution in [3.63, 3.8) is 0 Å². The molecule has 3 aliphatic rings. The smallest absolute Gasteiger partial charge is 0.257 e. The Morgan fingerprint density at radius 1 is 1.15 bits per heavy atom. The quantitative estimate of drug-likeness (QED) is 0.830. The number of hydrogen-bond acceptors (Lipinski definition) is 3. The number of piperazine rings is 1. The summed E-state index contributed by atoms with van der Waals surface area (Å²) >= 11 is 0. The van der Waals surface area contributed by atoms with Crippen LogP contribution < -0.4 is 0 Å². The molecule has 1 amide bonds. The molecule has 1 aliphatic heterocycles. The van der Waals surface area contributed by atoms with Crippen LogP contribution in [-0.2, 0) is 0 Å². The number of hydrogen-bond donors (Lipinski definition) is 0. The van der Waals surface area contributed by atoms with Crippen molar-refractivity contribution in [3.05, 3.63) is 24.2 Å². The van der Waals surface area contributed by atoms with Gasteiger partial charge in [-0.1, -0.05) is 6.42 Å². The van der Waals surface area contributed by atoms with E-state index in [9.17, 15) is 4.79 Å². The van der Waals surface area contributed by atoms with Gasteiger partial charge in [-0.25, -0.2) is 0 Å². The fourth-order valence-corrected chi connectivity index (χ4v) is 4.48. The van der Waals surface area contributed by atoms with Gasteiger partial charge in [-0.2, -0.15) is 0 Å². The van der Waals surface area contributed by atoms with Crippen LogP contribution in [0.3, 0.4) is 0 Å². The first-order valence-electron chi connectivity index (χ1n) is 7.87. The third-order valence-corrected chi connectivity index (χ3v) is 5.54. The van der Waals surface area contributed by atoms with Gasteiger partial charge in [0.15, 0.2) is 0 Å². The zero-order valence-electron chi connectivity index (χ0n) is 11.8. The van der Waals surface area contributed by atoms with Crippen molar-refractivity contribution in [3.8, 4) is 0 Å². The molecule has 3 atom stereocenters. The maximum Gasteiger partial charge on any atom is 0.257 e. The second kappa shape index (κ2) is 4.92. The Morgan fingerprint density at radius 3 is 2.60 bits per heavy atom.